The molecule has 0 saturated heterocycles. The van der Waals surface area contributed by atoms with E-state index >= 15 is 0 Å². The van der Waals surface area contributed by atoms with Gasteiger partial charge >= 0.3 is 0 Å². The number of nitrogens with two attached hydrogens (primary N) is 1. The average Bonchev–Trinajstić information content (AvgIpc) is 2.66. The molecule has 0 atom stereocenters. The summed E-state index contributed by atoms with van der Waals surface area (Å²) in [7, 11) is 0. The number of hydrogen-bond acceptors (Lipinski definition) is 4. The second-order valence-electron chi connectivity index (χ2n) is 4.46. The Bertz CT molecular complexity index is 670. The number of aromatic hydroxyl groups is 1. The number of nitrogens with zero attached hydrogens (tertiary/aromatic N) is 3. The molecule has 0 aliphatic carbocycles. The molecule has 0 spiro atoms. The fourth-order valence-electron chi connectivity index (χ4n) is 1.82. The van der Waals surface area contributed by atoms with Crippen LogP contribution in [-0.4, -0.2) is 14.9 Å². The van der Waals surface area contributed by atoms with Gasteiger partial charge < -0.3 is 10.8 Å². The molecule has 0 unspecified atom stereocenters. The number of halogens is 1. The molecule has 1 aromatic carbocycles. The number of nitriles is 1. The highest BCUT2D eigenvalue weighted by Gasteiger charge is 2.20. The average molecular weight is 260 g/mol. The molecule has 0 radical (unpaired) electrons. The fourth-order valence-corrected chi connectivity index (χ4v) is 1.82. The molecule has 6 heteroatoms. The van der Waals surface area contributed by atoms with Crippen molar-refractivity contribution in [3.8, 4) is 17.5 Å². The van der Waals surface area contributed by atoms with Gasteiger partial charge in [0.1, 0.15) is 17.5 Å². The topological polar surface area (TPSA) is 87.9 Å². The van der Waals surface area contributed by atoms with Gasteiger partial charge in [0.05, 0.1) is 11.4 Å². The van der Waals surface area contributed by atoms with Crippen LogP contribution in [0.25, 0.3) is 5.69 Å². The normalized spacial score (nSPS) is 10.7. The van der Waals surface area contributed by atoms with Gasteiger partial charge in [0.15, 0.2) is 11.5 Å². The van der Waals surface area contributed by atoms with E-state index in [9.17, 15) is 9.50 Å². The van der Waals surface area contributed by atoms with Crippen LogP contribution in [-0.2, 0) is 0 Å². The lowest BCUT2D eigenvalue weighted by Gasteiger charge is -2.05. The van der Waals surface area contributed by atoms with Crippen molar-refractivity contribution < 1.29 is 9.50 Å². The summed E-state index contributed by atoms with van der Waals surface area (Å²) in [6.07, 6.45) is 0. The highest BCUT2D eigenvalue weighted by atomic mass is 19.1. The summed E-state index contributed by atoms with van der Waals surface area (Å²) < 4.78 is 15.0. The molecule has 1 aromatic heterocycles. The van der Waals surface area contributed by atoms with Crippen LogP contribution in [0, 0.1) is 17.1 Å². The van der Waals surface area contributed by atoms with E-state index in [1.807, 2.05) is 19.9 Å². The summed E-state index contributed by atoms with van der Waals surface area (Å²) in [6.45, 7) is 3.77. The Kier molecular flexibility index (Phi) is 3.13. The smallest absolute Gasteiger partial charge is 0.167 e. The van der Waals surface area contributed by atoms with Crippen molar-refractivity contribution in [2.45, 2.75) is 19.8 Å². The lowest BCUT2D eigenvalue weighted by atomic mass is 10.1. The van der Waals surface area contributed by atoms with Crippen LogP contribution in [0.4, 0.5) is 10.1 Å². The third-order valence-electron chi connectivity index (χ3n) is 2.76. The number of benzene rings is 1. The minimum Gasteiger partial charge on any atom is -0.508 e. The number of aromatic nitrogens is 2. The molecule has 3 N–H and O–H groups in total. The zero-order valence-corrected chi connectivity index (χ0v) is 10.6. The molecular formula is C13H13FN4O. The monoisotopic (exact) mass is 260 g/mol. The van der Waals surface area contributed by atoms with Gasteiger partial charge in [-0.05, 0) is 18.1 Å². The van der Waals surface area contributed by atoms with E-state index in [0.29, 0.717) is 5.69 Å². The van der Waals surface area contributed by atoms with E-state index in [2.05, 4.69) is 5.10 Å². The van der Waals surface area contributed by atoms with Gasteiger partial charge in [0.2, 0.25) is 0 Å². The summed E-state index contributed by atoms with van der Waals surface area (Å²) in [5.74, 6) is -0.841. The molecular weight excluding hydrogens is 247 g/mol. The maximum atomic E-state index is 13.8. The first kappa shape index (κ1) is 12.9. The Balaban J connectivity index is 2.69. The maximum Gasteiger partial charge on any atom is 0.167 e. The van der Waals surface area contributed by atoms with Crippen molar-refractivity contribution in [3.63, 3.8) is 0 Å². The maximum absolute atomic E-state index is 13.8. The van der Waals surface area contributed by atoms with Gasteiger partial charge in [-0.15, -0.1) is 0 Å². The van der Waals surface area contributed by atoms with Crippen molar-refractivity contribution in [2.24, 2.45) is 0 Å². The lowest BCUT2D eigenvalue weighted by Crippen LogP contribution is -2.03. The number of nitrogen functional groups attached to an aromatic ring is 1. The summed E-state index contributed by atoms with van der Waals surface area (Å²) in [5, 5.41) is 22.5. The molecule has 0 aliphatic heterocycles. The molecule has 0 fully saturated rings. The molecule has 2 aromatic rings. The Hall–Kier alpha value is -2.55. The number of anilines is 1. The van der Waals surface area contributed by atoms with Gasteiger partial charge in [-0.25, -0.2) is 9.07 Å². The molecule has 0 amide bonds. The molecule has 98 valence electrons. The Labute approximate surface area is 109 Å². The van der Waals surface area contributed by atoms with E-state index in [1.165, 1.54) is 16.8 Å². The van der Waals surface area contributed by atoms with Crippen LogP contribution in [0.15, 0.2) is 18.2 Å². The van der Waals surface area contributed by atoms with Gasteiger partial charge in [-0.3, -0.25) is 0 Å². The van der Waals surface area contributed by atoms with Crippen molar-refractivity contribution >= 4 is 5.69 Å². The summed E-state index contributed by atoms with van der Waals surface area (Å²) >= 11 is 0. The molecule has 5 nitrogen and oxygen atoms in total. The molecule has 19 heavy (non-hydrogen) atoms. The van der Waals surface area contributed by atoms with Crippen molar-refractivity contribution in [3.05, 3.63) is 35.4 Å². The third-order valence-corrected chi connectivity index (χ3v) is 2.76. The van der Waals surface area contributed by atoms with Crippen LogP contribution >= 0.6 is 0 Å². The minimum atomic E-state index is -0.672. The highest BCUT2D eigenvalue weighted by Crippen LogP contribution is 2.28. The van der Waals surface area contributed by atoms with Crippen molar-refractivity contribution in [2.75, 3.05) is 5.73 Å². The lowest BCUT2D eigenvalue weighted by molar-refractivity contribution is 0.468. The Morgan fingerprint density at radius 3 is 2.68 bits per heavy atom. The number of rotatable bonds is 2. The van der Waals surface area contributed by atoms with Crippen molar-refractivity contribution in [1.29, 1.82) is 5.26 Å². The standard InChI is InChI=1S/C13H13FN4O/c1-7(2)13-12(16)11(6-15)18(17-13)10-4-3-8(19)5-9(10)14/h3-5,7,19H,16H2,1-2H3. The molecule has 0 aliphatic rings. The van der Waals surface area contributed by atoms with Gasteiger partial charge in [-0.1, -0.05) is 13.8 Å². The quantitative estimate of drug-likeness (QED) is 0.867. The zero-order valence-electron chi connectivity index (χ0n) is 10.6. The third kappa shape index (κ3) is 2.10. The number of phenolic OH excluding ortho intramolecular Hbond substituents is 1. The van der Waals surface area contributed by atoms with E-state index in [4.69, 9.17) is 11.0 Å². The zero-order chi connectivity index (χ0) is 14.2. The number of phenols is 1. The Morgan fingerprint density at radius 2 is 2.16 bits per heavy atom. The second kappa shape index (κ2) is 4.61. The molecule has 1 heterocycles. The van der Waals surface area contributed by atoms with E-state index in [-0.39, 0.29) is 28.7 Å². The second-order valence-corrected chi connectivity index (χ2v) is 4.46. The van der Waals surface area contributed by atoms with E-state index in [0.717, 1.165) is 6.07 Å². The predicted octanol–water partition coefficient (Wildman–Crippen LogP) is 2.29. The minimum absolute atomic E-state index is 0.0218. The van der Waals surface area contributed by atoms with Crippen LogP contribution in [0.1, 0.15) is 31.2 Å². The van der Waals surface area contributed by atoms with Crippen LogP contribution < -0.4 is 5.73 Å². The Morgan fingerprint density at radius 1 is 1.47 bits per heavy atom. The summed E-state index contributed by atoms with van der Waals surface area (Å²) in [6, 6.07) is 5.56. The van der Waals surface area contributed by atoms with Gasteiger partial charge in [0, 0.05) is 6.07 Å². The van der Waals surface area contributed by atoms with Crippen LogP contribution in [0.2, 0.25) is 0 Å². The molecule has 0 saturated carbocycles. The SMILES string of the molecule is CC(C)c1nn(-c2ccc(O)cc2F)c(C#N)c1N. The van der Waals surface area contributed by atoms with Gasteiger partial charge in [0.25, 0.3) is 0 Å². The largest absolute Gasteiger partial charge is 0.508 e. The van der Waals surface area contributed by atoms with Crippen LogP contribution in [0.3, 0.4) is 0 Å². The molecule has 0 bridgehead atoms. The summed E-state index contributed by atoms with van der Waals surface area (Å²) in [5.41, 5.74) is 6.82. The van der Waals surface area contributed by atoms with E-state index in [1.54, 1.807) is 0 Å². The first-order chi connectivity index (χ1) is 8.95. The van der Waals surface area contributed by atoms with Crippen molar-refractivity contribution in [1.82, 2.24) is 9.78 Å². The number of hydrogen-bond donors (Lipinski definition) is 2. The molecule has 2 rings (SSSR count). The first-order valence-corrected chi connectivity index (χ1v) is 5.73. The predicted molar refractivity (Wildman–Crippen MR) is 68.4 cm³/mol. The van der Waals surface area contributed by atoms with Crippen LogP contribution in [0.5, 0.6) is 5.75 Å². The highest BCUT2D eigenvalue weighted by molar-refractivity contribution is 5.58. The first-order valence-electron chi connectivity index (χ1n) is 5.73. The van der Waals surface area contributed by atoms with E-state index < -0.39 is 5.82 Å². The summed E-state index contributed by atoms with van der Waals surface area (Å²) in [4.78, 5) is 0. The van der Waals surface area contributed by atoms with Gasteiger partial charge in [-0.2, -0.15) is 10.4 Å². The fraction of sp³-hybridized carbons (Fsp3) is 0.231.